The lowest BCUT2D eigenvalue weighted by molar-refractivity contribution is 0.0701. The molecule has 0 bridgehead atoms. The van der Waals surface area contributed by atoms with Gasteiger partial charge in [0.05, 0.1) is 5.39 Å². The minimum absolute atomic E-state index is 0.305. The maximum atomic E-state index is 11.3. The van der Waals surface area contributed by atoms with Gasteiger partial charge in [-0.2, -0.15) is 0 Å². The molecule has 3 aromatic rings. The molecule has 0 spiro atoms. The molecule has 0 saturated carbocycles. The summed E-state index contributed by atoms with van der Waals surface area (Å²) in [6.07, 6.45) is 5.77. The molecule has 0 unspecified atom stereocenters. The van der Waals surface area contributed by atoms with E-state index in [0.29, 0.717) is 21.1 Å². The minimum Gasteiger partial charge on any atom is -0.477 e. The van der Waals surface area contributed by atoms with Crippen molar-refractivity contribution in [3.63, 3.8) is 0 Å². The molecule has 3 aromatic heterocycles. The molecule has 0 saturated heterocycles. The first-order chi connectivity index (χ1) is 9.63. The predicted molar refractivity (Wildman–Crippen MR) is 75.6 cm³/mol. The van der Waals surface area contributed by atoms with Gasteiger partial charge in [0.1, 0.15) is 21.9 Å². The first-order valence-corrected chi connectivity index (χ1v) is 6.95. The Morgan fingerprint density at radius 2 is 2.20 bits per heavy atom. The highest BCUT2D eigenvalue weighted by Crippen LogP contribution is 2.32. The second kappa shape index (κ2) is 4.68. The third kappa shape index (κ3) is 1.78. The van der Waals surface area contributed by atoms with E-state index < -0.39 is 5.97 Å². The van der Waals surface area contributed by atoms with Crippen molar-refractivity contribution in [3.8, 4) is 5.82 Å². The molecule has 0 aliphatic rings. The molecule has 0 aliphatic carbocycles. The van der Waals surface area contributed by atoms with Crippen LogP contribution in [0.1, 0.15) is 28.0 Å². The van der Waals surface area contributed by atoms with Gasteiger partial charge in [0.25, 0.3) is 0 Å². The summed E-state index contributed by atoms with van der Waals surface area (Å²) >= 11 is 1.17. The number of hydrogen-bond donors (Lipinski definition) is 1. The Hall–Kier alpha value is -2.28. The van der Waals surface area contributed by atoms with Crippen LogP contribution >= 0.6 is 11.3 Å². The fourth-order valence-corrected chi connectivity index (χ4v) is 3.21. The van der Waals surface area contributed by atoms with Crippen LogP contribution in [0, 0.1) is 6.92 Å². The van der Waals surface area contributed by atoms with Crippen molar-refractivity contribution in [1.82, 2.24) is 19.5 Å². The van der Waals surface area contributed by atoms with Crippen molar-refractivity contribution in [2.45, 2.75) is 20.3 Å². The van der Waals surface area contributed by atoms with Crippen molar-refractivity contribution >= 4 is 27.5 Å². The van der Waals surface area contributed by atoms with E-state index in [4.69, 9.17) is 0 Å². The van der Waals surface area contributed by atoms with Crippen LogP contribution in [-0.4, -0.2) is 30.6 Å². The Kier molecular flexibility index (Phi) is 2.98. The average Bonchev–Trinajstić information content (AvgIpc) is 3.03. The molecule has 0 amide bonds. The molecule has 1 N–H and O–H groups in total. The Morgan fingerprint density at radius 3 is 2.90 bits per heavy atom. The van der Waals surface area contributed by atoms with Crippen molar-refractivity contribution in [2.24, 2.45) is 0 Å². The van der Waals surface area contributed by atoms with E-state index in [1.807, 2.05) is 17.7 Å². The fraction of sp³-hybridized carbons (Fsp3) is 0.231. The SMILES string of the molecule is CCc1nccn1-c1ncnc2sc(C(=O)O)c(C)c12. The van der Waals surface area contributed by atoms with Crippen LogP contribution in [0.4, 0.5) is 0 Å². The normalized spacial score (nSPS) is 11.1. The molecular weight excluding hydrogens is 276 g/mol. The summed E-state index contributed by atoms with van der Waals surface area (Å²) in [5.41, 5.74) is 0.698. The van der Waals surface area contributed by atoms with Crippen molar-refractivity contribution in [3.05, 3.63) is 35.0 Å². The van der Waals surface area contributed by atoms with E-state index >= 15 is 0 Å². The number of aromatic nitrogens is 4. The number of hydrogen-bond acceptors (Lipinski definition) is 5. The first kappa shape index (κ1) is 12.7. The van der Waals surface area contributed by atoms with E-state index in [9.17, 15) is 9.90 Å². The molecule has 0 atom stereocenters. The lowest BCUT2D eigenvalue weighted by Gasteiger charge is -2.07. The highest BCUT2D eigenvalue weighted by Gasteiger charge is 2.20. The first-order valence-electron chi connectivity index (χ1n) is 6.13. The zero-order valence-electron chi connectivity index (χ0n) is 11.0. The Balaban J connectivity index is 2.34. The smallest absolute Gasteiger partial charge is 0.346 e. The molecule has 102 valence electrons. The number of carboxylic acids is 1. The molecule has 7 heteroatoms. The van der Waals surface area contributed by atoms with Crippen LogP contribution in [0.3, 0.4) is 0 Å². The standard InChI is InChI=1S/C13H12N4O2S/c1-3-8-14-4-5-17(8)11-9-7(2)10(13(18)19)20-12(9)16-6-15-11/h4-6H,3H2,1-2H3,(H,18,19). The van der Waals surface area contributed by atoms with Crippen molar-refractivity contribution < 1.29 is 9.90 Å². The van der Waals surface area contributed by atoms with Crippen LogP contribution in [0.25, 0.3) is 16.0 Å². The molecule has 20 heavy (non-hydrogen) atoms. The summed E-state index contributed by atoms with van der Waals surface area (Å²) in [5, 5.41) is 10.0. The van der Waals surface area contributed by atoms with Crippen LogP contribution in [-0.2, 0) is 6.42 Å². The summed E-state index contributed by atoms with van der Waals surface area (Å²) in [6.45, 7) is 3.80. The zero-order chi connectivity index (χ0) is 14.3. The number of fused-ring (bicyclic) bond motifs is 1. The number of rotatable bonds is 3. The topological polar surface area (TPSA) is 80.9 Å². The van der Waals surface area contributed by atoms with Gasteiger partial charge in [-0.3, -0.25) is 4.57 Å². The average molecular weight is 288 g/mol. The minimum atomic E-state index is -0.933. The van der Waals surface area contributed by atoms with E-state index in [1.54, 1.807) is 13.1 Å². The predicted octanol–water partition coefficient (Wildman–Crippen LogP) is 2.45. The van der Waals surface area contributed by atoms with Gasteiger partial charge < -0.3 is 5.11 Å². The molecule has 0 aromatic carbocycles. The molecule has 3 rings (SSSR count). The van der Waals surface area contributed by atoms with Crippen molar-refractivity contribution in [2.75, 3.05) is 0 Å². The van der Waals surface area contributed by atoms with E-state index in [0.717, 1.165) is 17.6 Å². The van der Waals surface area contributed by atoms with Gasteiger partial charge in [-0.15, -0.1) is 11.3 Å². The van der Waals surface area contributed by atoms with E-state index in [1.165, 1.54) is 17.7 Å². The largest absolute Gasteiger partial charge is 0.477 e. The second-order valence-corrected chi connectivity index (χ2v) is 5.30. The zero-order valence-corrected chi connectivity index (χ0v) is 11.8. The van der Waals surface area contributed by atoms with Gasteiger partial charge in [0.2, 0.25) is 0 Å². The molecule has 0 radical (unpaired) electrons. The third-order valence-electron chi connectivity index (χ3n) is 3.16. The van der Waals surface area contributed by atoms with Gasteiger partial charge in [-0.1, -0.05) is 6.92 Å². The molecule has 0 fully saturated rings. The number of carbonyl (C=O) groups is 1. The molecule has 6 nitrogen and oxygen atoms in total. The maximum Gasteiger partial charge on any atom is 0.346 e. The number of aromatic carboxylic acids is 1. The van der Waals surface area contributed by atoms with Crippen LogP contribution in [0.15, 0.2) is 18.7 Å². The number of carboxylic acid groups (broad SMARTS) is 1. The third-order valence-corrected chi connectivity index (χ3v) is 4.35. The molecule has 0 aliphatic heterocycles. The maximum absolute atomic E-state index is 11.3. The summed E-state index contributed by atoms with van der Waals surface area (Å²) in [4.78, 5) is 25.0. The van der Waals surface area contributed by atoms with Gasteiger partial charge in [-0.25, -0.2) is 19.7 Å². The summed E-state index contributed by atoms with van der Waals surface area (Å²) in [7, 11) is 0. The van der Waals surface area contributed by atoms with Crippen molar-refractivity contribution in [1.29, 1.82) is 0 Å². The van der Waals surface area contributed by atoms with E-state index in [2.05, 4.69) is 15.0 Å². The lowest BCUT2D eigenvalue weighted by atomic mass is 10.2. The summed E-state index contributed by atoms with van der Waals surface area (Å²) in [6, 6.07) is 0. The highest BCUT2D eigenvalue weighted by molar-refractivity contribution is 7.20. The second-order valence-electron chi connectivity index (χ2n) is 4.31. The summed E-state index contributed by atoms with van der Waals surface area (Å²) < 4.78 is 1.88. The fourth-order valence-electron chi connectivity index (χ4n) is 2.23. The lowest BCUT2D eigenvalue weighted by Crippen LogP contribution is -2.03. The van der Waals surface area contributed by atoms with Gasteiger partial charge >= 0.3 is 5.97 Å². The molecular formula is C13H12N4O2S. The Bertz CT molecular complexity index is 806. The molecule has 3 heterocycles. The summed E-state index contributed by atoms with van der Waals surface area (Å²) in [5.74, 6) is 0.635. The number of thiophene rings is 1. The van der Waals surface area contributed by atoms with Crippen LogP contribution < -0.4 is 0 Å². The number of imidazole rings is 1. The van der Waals surface area contributed by atoms with Gasteiger partial charge in [0.15, 0.2) is 5.82 Å². The van der Waals surface area contributed by atoms with Gasteiger partial charge in [0, 0.05) is 18.8 Å². The number of aryl methyl sites for hydroxylation is 2. The quantitative estimate of drug-likeness (QED) is 0.800. The van der Waals surface area contributed by atoms with Crippen LogP contribution in [0.2, 0.25) is 0 Å². The number of nitrogens with zero attached hydrogens (tertiary/aromatic N) is 4. The monoisotopic (exact) mass is 288 g/mol. The Morgan fingerprint density at radius 1 is 1.40 bits per heavy atom. The van der Waals surface area contributed by atoms with E-state index in [-0.39, 0.29) is 0 Å². The highest BCUT2D eigenvalue weighted by atomic mass is 32.1. The van der Waals surface area contributed by atoms with Crippen LogP contribution in [0.5, 0.6) is 0 Å². The van der Waals surface area contributed by atoms with Gasteiger partial charge in [-0.05, 0) is 12.5 Å². The Labute approximate surface area is 118 Å².